The van der Waals surface area contributed by atoms with Gasteiger partial charge in [-0.2, -0.15) is 5.10 Å². The summed E-state index contributed by atoms with van der Waals surface area (Å²) in [5.74, 6) is -0.287. The van der Waals surface area contributed by atoms with E-state index in [1.54, 1.807) is 23.2 Å². The van der Waals surface area contributed by atoms with Gasteiger partial charge in [0.2, 0.25) is 0 Å². The van der Waals surface area contributed by atoms with Crippen molar-refractivity contribution in [2.45, 2.75) is 13.8 Å². The lowest BCUT2D eigenvalue weighted by atomic mass is 10.1. The van der Waals surface area contributed by atoms with Crippen molar-refractivity contribution in [3.05, 3.63) is 58.9 Å². The number of benzene rings is 2. The standard InChI is InChI=1S/C18H21ClFN3/c1-5-23(18-9-7-6-8-16(18)20)21-13(2)15-12-14(19)10-11-17(15)22(3)4/h6-12H,5H2,1-4H3/b21-13+. The van der Waals surface area contributed by atoms with Crippen molar-refractivity contribution in [1.29, 1.82) is 0 Å². The summed E-state index contributed by atoms with van der Waals surface area (Å²) in [6.07, 6.45) is 0. The molecule has 2 aromatic carbocycles. The van der Waals surface area contributed by atoms with Gasteiger partial charge in [-0.1, -0.05) is 23.7 Å². The van der Waals surface area contributed by atoms with Gasteiger partial charge in [-0.3, -0.25) is 5.01 Å². The maximum Gasteiger partial charge on any atom is 0.148 e. The highest BCUT2D eigenvalue weighted by Gasteiger charge is 2.12. The Hall–Kier alpha value is -2.07. The van der Waals surface area contributed by atoms with Crippen LogP contribution in [0.15, 0.2) is 47.6 Å². The van der Waals surface area contributed by atoms with Gasteiger partial charge in [0.05, 0.1) is 11.4 Å². The van der Waals surface area contributed by atoms with Gasteiger partial charge in [0, 0.05) is 36.9 Å². The van der Waals surface area contributed by atoms with Crippen LogP contribution in [0.1, 0.15) is 19.4 Å². The molecule has 0 aliphatic heterocycles. The molecule has 0 atom stereocenters. The van der Waals surface area contributed by atoms with E-state index in [-0.39, 0.29) is 5.82 Å². The van der Waals surface area contributed by atoms with E-state index in [9.17, 15) is 4.39 Å². The highest BCUT2D eigenvalue weighted by Crippen LogP contribution is 2.25. The van der Waals surface area contributed by atoms with Crippen molar-refractivity contribution in [2.75, 3.05) is 30.5 Å². The molecule has 0 saturated heterocycles. The SMILES string of the molecule is CCN(/N=C(\C)c1cc(Cl)ccc1N(C)C)c1ccccc1F. The number of hydrogen-bond donors (Lipinski definition) is 0. The van der Waals surface area contributed by atoms with Gasteiger partial charge in [-0.15, -0.1) is 0 Å². The number of anilines is 2. The first kappa shape index (κ1) is 17.3. The Morgan fingerprint density at radius 1 is 1.13 bits per heavy atom. The molecular weight excluding hydrogens is 313 g/mol. The maximum absolute atomic E-state index is 14.0. The molecule has 2 rings (SSSR count). The summed E-state index contributed by atoms with van der Waals surface area (Å²) in [7, 11) is 3.93. The van der Waals surface area contributed by atoms with Crippen molar-refractivity contribution in [2.24, 2.45) is 5.10 Å². The predicted molar refractivity (Wildman–Crippen MR) is 97.4 cm³/mol. The van der Waals surface area contributed by atoms with Crippen LogP contribution < -0.4 is 9.91 Å². The molecule has 0 saturated carbocycles. The zero-order valence-electron chi connectivity index (χ0n) is 13.8. The summed E-state index contributed by atoms with van der Waals surface area (Å²) >= 11 is 6.13. The minimum Gasteiger partial charge on any atom is -0.377 e. The highest BCUT2D eigenvalue weighted by atomic mass is 35.5. The second kappa shape index (κ2) is 7.47. The topological polar surface area (TPSA) is 18.8 Å². The average Bonchev–Trinajstić information content (AvgIpc) is 2.52. The van der Waals surface area contributed by atoms with Crippen molar-refractivity contribution in [1.82, 2.24) is 0 Å². The van der Waals surface area contributed by atoms with Crippen LogP contribution in [0.2, 0.25) is 5.02 Å². The second-order valence-electron chi connectivity index (χ2n) is 5.41. The minimum absolute atomic E-state index is 0.287. The van der Waals surface area contributed by atoms with E-state index in [0.717, 1.165) is 17.0 Å². The van der Waals surface area contributed by atoms with E-state index >= 15 is 0 Å². The van der Waals surface area contributed by atoms with Crippen LogP contribution in [-0.4, -0.2) is 26.4 Å². The van der Waals surface area contributed by atoms with Crippen LogP contribution in [0, 0.1) is 5.82 Å². The van der Waals surface area contributed by atoms with E-state index < -0.39 is 0 Å². The normalized spacial score (nSPS) is 11.5. The molecule has 0 amide bonds. The van der Waals surface area contributed by atoms with E-state index in [1.807, 2.05) is 51.0 Å². The number of hydrazone groups is 1. The molecule has 0 spiro atoms. The van der Waals surface area contributed by atoms with E-state index in [2.05, 4.69) is 5.10 Å². The Morgan fingerprint density at radius 3 is 2.43 bits per heavy atom. The van der Waals surface area contributed by atoms with E-state index in [4.69, 9.17) is 11.6 Å². The fraction of sp³-hybridized carbons (Fsp3) is 0.278. The summed E-state index contributed by atoms with van der Waals surface area (Å²) < 4.78 is 14.0. The molecule has 0 aromatic heterocycles. The van der Waals surface area contributed by atoms with Gasteiger partial charge in [0.1, 0.15) is 5.82 Å². The molecule has 5 heteroatoms. The first-order valence-electron chi connectivity index (χ1n) is 7.48. The van der Waals surface area contributed by atoms with Crippen molar-refractivity contribution < 1.29 is 4.39 Å². The first-order valence-corrected chi connectivity index (χ1v) is 7.86. The molecule has 0 aliphatic carbocycles. The summed E-state index contributed by atoms with van der Waals surface area (Å²) in [6, 6.07) is 12.3. The predicted octanol–water partition coefficient (Wildman–Crippen LogP) is 4.80. The van der Waals surface area contributed by atoms with Gasteiger partial charge in [0.25, 0.3) is 0 Å². The van der Waals surface area contributed by atoms with Crippen LogP contribution in [0.4, 0.5) is 15.8 Å². The lowest BCUT2D eigenvalue weighted by Crippen LogP contribution is -2.20. The molecule has 122 valence electrons. The smallest absolute Gasteiger partial charge is 0.148 e. The summed E-state index contributed by atoms with van der Waals surface area (Å²) in [4.78, 5) is 2.00. The van der Waals surface area contributed by atoms with Crippen LogP contribution in [0.3, 0.4) is 0 Å². The molecule has 0 radical (unpaired) electrons. The molecule has 3 nitrogen and oxygen atoms in total. The maximum atomic E-state index is 14.0. The Balaban J connectivity index is 2.46. The average molecular weight is 334 g/mol. The van der Waals surface area contributed by atoms with Gasteiger partial charge < -0.3 is 4.90 Å². The molecule has 23 heavy (non-hydrogen) atoms. The van der Waals surface area contributed by atoms with Gasteiger partial charge in [0.15, 0.2) is 0 Å². The molecule has 0 aliphatic rings. The van der Waals surface area contributed by atoms with Gasteiger partial charge in [-0.05, 0) is 44.2 Å². The fourth-order valence-electron chi connectivity index (χ4n) is 2.38. The summed E-state index contributed by atoms with van der Waals surface area (Å²) in [6.45, 7) is 4.41. The van der Waals surface area contributed by atoms with Gasteiger partial charge >= 0.3 is 0 Å². The monoisotopic (exact) mass is 333 g/mol. The Labute approximate surface area is 142 Å². The van der Waals surface area contributed by atoms with Gasteiger partial charge in [-0.25, -0.2) is 4.39 Å². The third-order valence-electron chi connectivity index (χ3n) is 3.53. The molecule has 2 aromatic rings. The molecule has 0 bridgehead atoms. The van der Waals surface area contributed by atoms with Crippen LogP contribution >= 0.6 is 11.6 Å². The number of para-hydroxylation sites is 1. The Kier molecular flexibility index (Phi) is 5.61. The summed E-state index contributed by atoms with van der Waals surface area (Å²) in [5, 5.41) is 6.91. The first-order chi connectivity index (χ1) is 10.9. The second-order valence-corrected chi connectivity index (χ2v) is 5.84. The van der Waals surface area contributed by atoms with E-state index in [0.29, 0.717) is 17.3 Å². The number of nitrogens with zero attached hydrogens (tertiary/aromatic N) is 3. The van der Waals surface area contributed by atoms with Crippen molar-refractivity contribution in [3.8, 4) is 0 Å². The lowest BCUT2D eigenvalue weighted by molar-refractivity contribution is 0.620. The number of rotatable bonds is 5. The molecule has 0 heterocycles. The van der Waals surface area contributed by atoms with Crippen LogP contribution in [0.5, 0.6) is 0 Å². The largest absolute Gasteiger partial charge is 0.377 e. The molecule has 0 N–H and O–H groups in total. The Bertz CT molecular complexity index is 713. The number of halogens is 2. The van der Waals surface area contributed by atoms with Crippen LogP contribution in [0.25, 0.3) is 0 Å². The van der Waals surface area contributed by atoms with Crippen molar-refractivity contribution in [3.63, 3.8) is 0 Å². The minimum atomic E-state index is -0.287. The molecule has 0 fully saturated rings. The van der Waals surface area contributed by atoms with Crippen LogP contribution in [-0.2, 0) is 0 Å². The zero-order valence-corrected chi connectivity index (χ0v) is 14.6. The third-order valence-corrected chi connectivity index (χ3v) is 3.77. The van der Waals surface area contributed by atoms with E-state index in [1.165, 1.54) is 6.07 Å². The molecular formula is C18H21ClFN3. The highest BCUT2D eigenvalue weighted by molar-refractivity contribution is 6.31. The number of hydrogen-bond acceptors (Lipinski definition) is 3. The summed E-state index contributed by atoms with van der Waals surface area (Å²) in [5.41, 5.74) is 3.18. The lowest BCUT2D eigenvalue weighted by Gasteiger charge is -2.21. The van der Waals surface area contributed by atoms with Crippen molar-refractivity contribution >= 4 is 28.7 Å². The molecule has 0 unspecified atom stereocenters. The fourth-order valence-corrected chi connectivity index (χ4v) is 2.55. The Morgan fingerprint density at radius 2 is 1.83 bits per heavy atom. The third kappa shape index (κ3) is 4.02. The quantitative estimate of drug-likeness (QED) is 0.578. The zero-order chi connectivity index (χ0) is 17.0.